The Morgan fingerprint density at radius 3 is 2.71 bits per heavy atom. The first-order chi connectivity index (χ1) is 11.5. The van der Waals surface area contributed by atoms with Crippen molar-refractivity contribution in [1.29, 1.82) is 0 Å². The molecule has 0 unspecified atom stereocenters. The summed E-state index contributed by atoms with van der Waals surface area (Å²) in [7, 11) is 1.54. The molecule has 1 aromatic carbocycles. The summed E-state index contributed by atoms with van der Waals surface area (Å²) in [5.74, 6) is 1.15. The number of methoxy groups -OCH3 is 1. The van der Waals surface area contributed by atoms with Gasteiger partial charge in [-0.15, -0.1) is 0 Å². The number of ether oxygens (including phenoxy) is 1. The molecule has 0 atom stereocenters. The van der Waals surface area contributed by atoms with Crippen LogP contribution in [0.5, 0.6) is 5.75 Å². The normalized spacial score (nSPS) is 16.3. The van der Waals surface area contributed by atoms with Crippen molar-refractivity contribution in [2.24, 2.45) is 5.92 Å². The van der Waals surface area contributed by atoms with Crippen LogP contribution in [0.4, 0.5) is 5.69 Å². The van der Waals surface area contributed by atoms with Gasteiger partial charge in [0.25, 0.3) is 0 Å². The zero-order valence-electron chi connectivity index (χ0n) is 14.8. The average molecular weight is 353 g/mol. The van der Waals surface area contributed by atoms with E-state index in [1.54, 1.807) is 12.1 Å². The lowest BCUT2D eigenvalue weighted by Gasteiger charge is -2.31. The second-order valence-corrected chi connectivity index (χ2v) is 7.09. The van der Waals surface area contributed by atoms with E-state index in [1.165, 1.54) is 39.3 Å². The summed E-state index contributed by atoms with van der Waals surface area (Å²) >= 11 is 6.21. The molecule has 0 aliphatic carbocycles. The van der Waals surface area contributed by atoms with Crippen molar-refractivity contribution in [2.75, 3.05) is 32.5 Å². The van der Waals surface area contributed by atoms with E-state index in [2.05, 4.69) is 11.8 Å². The number of benzene rings is 1. The van der Waals surface area contributed by atoms with E-state index in [0.717, 1.165) is 19.5 Å². The highest BCUT2D eigenvalue weighted by Gasteiger charge is 2.22. The quantitative estimate of drug-likeness (QED) is 0.556. The Kier molecular flexibility index (Phi) is 7.38. The van der Waals surface area contributed by atoms with Gasteiger partial charge in [0.15, 0.2) is 5.78 Å². The smallest absolute Gasteiger partial charge is 0.168 e. The Bertz CT molecular complexity index is 555. The Labute approximate surface area is 150 Å². The van der Waals surface area contributed by atoms with E-state index < -0.39 is 0 Å². The third-order valence-corrected chi connectivity index (χ3v) is 5.19. The van der Waals surface area contributed by atoms with E-state index in [-0.39, 0.29) is 5.78 Å². The van der Waals surface area contributed by atoms with E-state index in [4.69, 9.17) is 22.1 Å². The van der Waals surface area contributed by atoms with Crippen molar-refractivity contribution in [3.05, 3.63) is 22.7 Å². The number of likely N-dealkylation sites (tertiary alicyclic amines) is 1. The number of carbonyl (C=O) groups is 1. The number of carbonyl (C=O) groups excluding carboxylic acids is 1. The second kappa shape index (κ2) is 9.28. The molecular formula is C19H29ClN2O2. The molecule has 1 aromatic rings. The maximum Gasteiger partial charge on any atom is 0.168 e. The zero-order valence-corrected chi connectivity index (χ0v) is 15.6. The van der Waals surface area contributed by atoms with Crippen LogP contribution < -0.4 is 10.5 Å². The number of hydrogen-bond donors (Lipinski definition) is 1. The van der Waals surface area contributed by atoms with Gasteiger partial charge in [0.2, 0.25) is 0 Å². The zero-order chi connectivity index (χ0) is 17.5. The van der Waals surface area contributed by atoms with Gasteiger partial charge in [0.05, 0.1) is 17.7 Å². The highest BCUT2D eigenvalue weighted by molar-refractivity contribution is 6.34. The van der Waals surface area contributed by atoms with Gasteiger partial charge in [-0.2, -0.15) is 0 Å². The minimum atomic E-state index is 0.0465. The van der Waals surface area contributed by atoms with Crippen LogP contribution in [0.25, 0.3) is 0 Å². The van der Waals surface area contributed by atoms with E-state index in [0.29, 0.717) is 34.4 Å². The number of piperidine rings is 1. The molecule has 0 radical (unpaired) electrons. The van der Waals surface area contributed by atoms with Crippen LogP contribution in [0.3, 0.4) is 0 Å². The summed E-state index contributed by atoms with van der Waals surface area (Å²) in [6.07, 6.45) is 6.33. The van der Waals surface area contributed by atoms with Crippen molar-refractivity contribution in [3.8, 4) is 5.75 Å². The number of unbranched alkanes of at least 4 members (excludes halogenated alkanes) is 1. The molecule has 0 bridgehead atoms. The minimum Gasteiger partial charge on any atom is -0.496 e. The van der Waals surface area contributed by atoms with E-state index in [1.807, 2.05) is 0 Å². The van der Waals surface area contributed by atoms with Gasteiger partial charge in [-0.25, -0.2) is 0 Å². The van der Waals surface area contributed by atoms with Gasteiger partial charge in [-0.05, 0) is 57.3 Å². The number of nitrogens with zero attached hydrogens (tertiary/aromatic N) is 1. The number of Topliss-reactive ketones (excluding diaryl/α,β-unsaturated/α-hetero) is 1. The average Bonchev–Trinajstić information content (AvgIpc) is 2.58. The lowest BCUT2D eigenvalue weighted by atomic mass is 9.90. The third kappa shape index (κ3) is 5.12. The molecule has 134 valence electrons. The number of nitrogen functional groups attached to an aromatic ring is 1. The van der Waals surface area contributed by atoms with Crippen molar-refractivity contribution in [2.45, 2.75) is 45.4 Å². The standard InChI is InChI=1S/C19H29ClN2O2/c1-3-4-9-22-10-7-14(8-11-22)5-6-17(23)19-16(20)12-15(21)13-18(19)24-2/h12-14H,3-11,21H2,1-2H3. The van der Waals surface area contributed by atoms with Crippen LogP contribution in [-0.4, -0.2) is 37.4 Å². The fourth-order valence-corrected chi connectivity index (χ4v) is 3.70. The van der Waals surface area contributed by atoms with Crippen LogP contribution in [0, 0.1) is 5.92 Å². The van der Waals surface area contributed by atoms with Crippen LogP contribution in [0.1, 0.15) is 55.8 Å². The monoisotopic (exact) mass is 352 g/mol. The fraction of sp³-hybridized carbons (Fsp3) is 0.632. The number of nitrogens with two attached hydrogens (primary N) is 1. The molecular weight excluding hydrogens is 324 g/mol. The highest BCUT2D eigenvalue weighted by Crippen LogP contribution is 2.32. The van der Waals surface area contributed by atoms with E-state index in [9.17, 15) is 4.79 Å². The molecule has 4 nitrogen and oxygen atoms in total. The number of anilines is 1. The van der Waals surface area contributed by atoms with Crippen molar-refractivity contribution < 1.29 is 9.53 Å². The molecule has 1 heterocycles. The Hall–Kier alpha value is -1.26. The molecule has 24 heavy (non-hydrogen) atoms. The van der Waals surface area contributed by atoms with Crippen molar-refractivity contribution in [1.82, 2.24) is 4.90 Å². The second-order valence-electron chi connectivity index (χ2n) is 6.68. The van der Waals surface area contributed by atoms with E-state index >= 15 is 0 Å². The summed E-state index contributed by atoms with van der Waals surface area (Å²) in [4.78, 5) is 15.1. The first kappa shape index (κ1) is 19.1. The number of halogens is 1. The van der Waals surface area contributed by atoms with Crippen LogP contribution >= 0.6 is 11.6 Å². The molecule has 0 saturated carbocycles. The third-order valence-electron chi connectivity index (χ3n) is 4.89. The lowest BCUT2D eigenvalue weighted by molar-refractivity contribution is 0.0959. The van der Waals surface area contributed by atoms with Crippen LogP contribution in [0.15, 0.2) is 12.1 Å². The number of ketones is 1. The molecule has 5 heteroatoms. The molecule has 0 amide bonds. The first-order valence-electron chi connectivity index (χ1n) is 8.93. The molecule has 2 rings (SSSR count). The lowest BCUT2D eigenvalue weighted by Crippen LogP contribution is -2.34. The number of rotatable bonds is 8. The number of hydrogen-bond acceptors (Lipinski definition) is 4. The summed E-state index contributed by atoms with van der Waals surface area (Å²) in [5, 5.41) is 0.381. The fourth-order valence-electron chi connectivity index (χ4n) is 3.37. The van der Waals surface area contributed by atoms with Gasteiger partial charge in [-0.1, -0.05) is 24.9 Å². The summed E-state index contributed by atoms with van der Waals surface area (Å²) < 4.78 is 5.28. The van der Waals surface area contributed by atoms with Gasteiger partial charge < -0.3 is 15.4 Å². The molecule has 1 fully saturated rings. The Morgan fingerprint density at radius 2 is 2.08 bits per heavy atom. The summed E-state index contributed by atoms with van der Waals surface area (Å²) in [5.41, 5.74) is 6.74. The Balaban J connectivity index is 1.86. The van der Waals surface area contributed by atoms with Crippen molar-refractivity contribution >= 4 is 23.1 Å². The SMILES string of the molecule is CCCCN1CCC(CCC(=O)c2c(Cl)cc(N)cc2OC)CC1. The van der Waals surface area contributed by atoms with Gasteiger partial charge in [-0.3, -0.25) is 4.79 Å². The molecule has 0 aromatic heterocycles. The molecule has 2 N–H and O–H groups in total. The molecule has 1 saturated heterocycles. The summed E-state index contributed by atoms with van der Waals surface area (Å²) in [6, 6.07) is 3.27. The summed E-state index contributed by atoms with van der Waals surface area (Å²) in [6.45, 7) is 5.75. The predicted molar refractivity (Wildman–Crippen MR) is 100 cm³/mol. The maximum atomic E-state index is 12.6. The van der Waals surface area contributed by atoms with Crippen molar-refractivity contribution in [3.63, 3.8) is 0 Å². The molecule has 1 aliphatic heterocycles. The molecule has 0 spiro atoms. The maximum absolute atomic E-state index is 12.6. The first-order valence-corrected chi connectivity index (χ1v) is 9.31. The molecule has 1 aliphatic rings. The topological polar surface area (TPSA) is 55.6 Å². The van der Waals surface area contributed by atoms with Crippen LogP contribution in [0.2, 0.25) is 5.02 Å². The largest absolute Gasteiger partial charge is 0.496 e. The van der Waals surface area contributed by atoms with Gasteiger partial charge in [0, 0.05) is 18.2 Å². The van der Waals surface area contributed by atoms with Gasteiger partial charge >= 0.3 is 0 Å². The highest BCUT2D eigenvalue weighted by atomic mass is 35.5. The minimum absolute atomic E-state index is 0.0465. The Morgan fingerprint density at radius 1 is 1.38 bits per heavy atom. The predicted octanol–water partition coefficient (Wildman–Crippen LogP) is 4.41. The van der Waals surface area contributed by atoms with Crippen LogP contribution in [-0.2, 0) is 0 Å². The van der Waals surface area contributed by atoms with Gasteiger partial charge in [0.1, 0.15) is 5.75 Å².